The second kappa shape index (κ2) is 7.93. The summed E-state index contributed by atoms with van der Waals surface area (Å²) in [5.41, 5.74) is 0.657. The number of likely N-dealkylation sites (tertiary alicyclic amines) is 1. The minimum atomic E-state index is -0.419. The number of nitro benzene ring substituents is 1. The van der Waals surface area contributed by atoms with Gasteiger partial charge in [-0.25, -0.2) is 0 Å². The first-order chi connectivity index (χ1) is 12.1. The highest BCUT2D eigenvalue weighted by molar-refractivity contribution is 5.99. The fourth-order valence-electron chi connectivity index (χ4n) is 3.94. The summed E-state index contributed by atoms with van der Waals surface area (Å²) in [5.74, 6) is 0.822. The molecule has 25 heavy (non-hydrogen) atoms. The van der Waals surface area contributed by atoms with Crippen molar-refractivity contribution >= 4 is 17.3 Å². The summed E-state index contributed by atoms with van der Waals surface area (Å²) in [6, 6.07) is 6.28. The Morgan fingerprint density at radius 1 is 1.24 bits per heavy atom. The smallest absolute Gasteiger partial charge is 0.271 e. The molecule has 0 saturated carbocycles. The highest BCUT2D eigenvalue weighted by Gasteiger charge is 2.38. The van der Waals surface area contributed by atoms with Crippen molar-refractivity contribution in [2.24, 2.45) is 5.92 Å². The molecule has 0 aliphatic carbocycles. The number of carbonyl (C=O) groups excluding carboxylic acids is 1. The molecule has 2 heterocycles. The van der Waals surface area contributed by atoms with Crippen LogP contribution in [0.4, 0.5) is 11.4 Å². The second-order valence-corrected chi connectivity index (χ2v) is 6.94. The van der Waals surface area contributed by atoms with E-state index in [1.165, 1.54) is 18.6 Å². The molecule has 0 bridgehead atoms. The number of benzene rings is 1. The number of rotatable bonds is 6. The highest BCUT2D eigenvalue weighted by atomic mass is 16.6. The maximum atomic E-state index is 12.8. The zero-order valence-electron chi connectivity index (χ0n) is 14.7. The number of hydrogen-bond acceptors (Lipinski definition) is 5. The van der Waals surface area contributed by atoms with Gasteiger partial charge in [0.25, 0.3) is 5.69 Å². The van der Waals surface area contributed by atoms with Crippen molar-refractivity contribution in [1.82, 2.24) is 10.2 Å². The molecule has 1 aromatic carbocycles. The number of hydrogen-bond donors (Lipinski definition) is 1. The van der Waals surface area contributed by atoms with Gasteiger partial charge in [0.2, 0.25) is 5.91 Å². The van der Waals surface area contributed by atoms with Crippen molar-refractivity contribution in [2.75, 3.05) is 38.1 Å². The lowest BCUT2D eigenvalue weighted by molar-refractivity contribution is -0.384. The predicted molar refractivity (Wildman–Crippen MR) is 96.7 cm³/mol. The molecule has 2 fully saturated rings. The molecule has 136 valence electrons. The van der Waals surface area contributed by atoms with Crippen LogP contribution in [-0.2, 0) is 4.79 Å². The number of carbonyl (C=O) groups is 1. The van der Waals surface area contributed by atoms with Crippen LogP contribution in [0.2, 0.25) is 0 Å². The quantitative estimate of drug-likeness (QED) is 0.630. The van der Waals surface area contributed by atoms with Gasteiger partial charge in [-0.1, -0.05) is 6.07 Å². The molecule has 1 atom stereocenters. The molecule has 3 rings (SSSR count). The van der Waals surface area contributed by atoms with Gasteiger partial charge in [-0.15, -0.1) is 0 Å². The average Bonchev–Trinajstić information content (AvgIpc) is 3.02. The molecular weight excluding hydrogens is 320 g/mol. The van der Waals surface area contributed by atoms with Gasteiger partial charge >= 0.3 is 0 Å². The molecule has 0 spiro atoms. The summed E-state index contributed by atoms with van der Waals surface area (Å²) in [7, 11) is 1.98. The summed E-state index contributed by atoms with van der Waals surface area (Å²) in [4.78, 5) is 27.4. The first-order valence-corrected chi connectivity index (χ1v) is 9.04. The summed E-state index contributed by atoms with van der Waals surface area (Å²) >= 11 is 0. The standard InChI is InChI=1S/C18H26N4O3/c1-19-9-5-14-6-10-20(11-7-14)17-8-12-21(18(17)23)15-3-2-4-16(13-15)22(24)25/h2-4,13-14,17,19H,5-12H2,1H3. The topological polar surface area (TPSA) is 78.7 Å². The Kier molecular flexibility index (Phi) is 5.65. The Bertz CT molecular complexity index is 629. The minimum absolute atomic E-state index is 0.0269. The van der Waals surface area contributed by atoms with E-state index in [1.54, 1.807) is 17.0 Å². The van der Waals surface area contributed by atoms with E-state index in [-0.39, 0.29) is 17.6 Å². The first-order valence-electron chi connectivity index (χ1n) is 9.04. The van der Waals surface area contributed by atoms with Crippen molar-refractivity contribution in [2.45, 2.75) is 31.7 Å². The predicted octanol–water partition coefficient (Wildman–Crippen LogP) is 2.02. The number of nitrogens with one attached hydrogen (secondary N) is 1. The Morgan fingerprint density at radius 3 is 2.68 bits per heavy atom. The average molecular weight is 346 g/mol. The van der Waals surface area contributed by atoms with Gasteiger partial charge in [0.15, 0.2) is 0 Å². The van der Waals surface area contributed by atoms with E-state index in [1.807, 2.05) is 7.05 Å². The molecule has 2 aliphatic rings. The molecule has 1 aromatic rings. The molecule has 1 unspecified atom stereocenters. The van der Waals surface area contributed by atoms with Crippen molar-refractivity contribution in [3.63, 3.8) is 0 Å². The molecule has 0 aromatic heterocycles. The van der Waals surface area contributed by atoms with E-state index in [9.17, 15) is 14.9 Å². The summed E-state index contributed by atoms with van der Waals surface area (Å²) in [5, 5.41) is 14.2. The number of piperidine rings is 1. The number of nitrogens with zero attached hydrogens (tertiary/aromatic N) is 3. The first kappa shape index (κ1) is 17.8. The van der Waals surface area contributed by atoms with Crippen LogP contribution < -0.4 is 10.2 Å². The molecule has 1 N–H and O–H groups in total. The third-order valence-electron chi connectivity index (χ3n) is 5.42. The van der Waals surface area contributed by atoms with E-state index in [0.717, 1.165) is 44.8 Å². The third kappa shape index (κ3) is 3.99. The Labute approximate surface area is 148 Å². The van der Waals surface area contributed by atoms with Gasteiger partial charge in [-0.2, -0.15) is 0 Å². The molecular formula is C18H26N4O3. The highest BCUT2D eigenvalue weighted by Crippen LogP contribution is 2.30. The molecule has 7 heteroatoms. The summed E-state index contributed by atoms with van der Waals surface area (Å²) < 4.78 is 0. The van der Waals surface area contributed by atoms with Crippen LogP contribution in [-0.4, -0.2) is 55.0 Å². The number of anilines is 1. The van der Waals surface area contributed by atoms with E-state index >= 15 is 0 Å². The van der Waals surface area contributed by atoms with E-state index in [4.69, 9.17) is 0 Å². The number of non-ortho nitro benzene ring substituents is 1. The van der Waals surface area contributed by atoms with Crippen LogP contribution in [0.1, 0.15) is 25.7 Å². The van der Waals surface area contributed by atoms with Gasteiger partial charge < -0.3 is 10.2 Å². The second-order valence-electron chi connectivity index (χ2n) is 6.94. The molecule has 1 amide bonds. The van der Waals surface area contributed by atoms with Gasteiger partial charge in [0.05, 0.1) is 16.7 Å². The Hall–Kier alpha value is -1.99. The van der Waals surface area contributed by atoms with Crippen LogP contribution in [0.3, 0.4) is 0 Å². The molecule has 2 saturated heterocycles. The lowest BCUT2D eigenvalue weighted by Gasteiger charge is -2.35. The summed E-state index contributed by atoms with van der Waals surface area (Å²) in [6.45, 7) is 3.61. The van der Waals surface area contributed by atoms with Gasteiger partial charge in [-0.3, -0.25) is 19.8 Å². The fraction of sp³-hybridized carbons (Fsp3) is 0.611. The Morgan fingerprint density at radius 2 is 2.00 bits per heavy atom. The summed E-state index contributed by atoms with van der Waals surface area (Å²) in [6.07, 6.45) is 4.27. The van der Waals surface area contributed by atoms with Gasteiger partial charge in [0, 0.05) is 18.7 Å². The SMILES string of the molecule is CNCCC1CCN(C2CCN(c3cccc([N+](=O)[O-])c3)C2=O)CC1. The van der Waals surface area contributed by atoms with Crippen molar-refractivity contribution in [3.05, 3.63) is 34.4 Å². The lowest BCUT2D eigenvalue weighted by atomic mass is 9.92. The molecule has 2 aliphatic heterocycles. The zero-order chi connectivity index (χ0) is 17.8. The van der Waals surface area contributed by atoms with Crippen molar-refractivity contribution in [1.29, 1.82) is 0 Å². The zero-order valence-corrected chi connectivity index (χ0v) is 14.7. The molecule has 0 radical (unpaired) electrons. The third-order valence-corrected chi connectivity index (χ3v) is 5.42. The van der Waals surface area contributed by atoms with Crippen LogP contribution in [0.15, 0.2) is 24.3 Å². The largest absolute Gasteiger partial charge is 0.320 e. The maximum absolute atomic E-state index is 12.8. The van der Waals surface area contributed by atoms with E-state index < -0.39 is 4.92 Å². The lowest BCUT2D eigenvalue weighted by Crippen LogP contribution is -2.46. The van der Waals surface area contributed by atoms with Crippen LogP contribution in [0.25, 0.3) is 0 Å². The maximum Gasteiger partial charge on any atom is 0.271 e. The van der Waals surface area contributed by atoms with Gasteiger partial charge in [-0.05, 0) is 64.3 Å². The monoisotopic (exact) mass is 346 g/mol. The van der Waals surface area contributed by atoms with Crippen LogP contribution in [0.5, 0.6) is 0 Å². The van der Waals surface area contributed by atoms with E-state index in [2.05, 4.69) is 10.2 Å². The fourth-order valence-corrected chi connectivity index (χ4v) is 3.94. The number of nitro groups is 1. The normalized spacial score (nSPS) is 22.5. The van der Waals surface area contributed by atoms with Gasteiger partial charge in [0.1, 0.15) is 0 Å². The van der Waals surface area contributed by atoms with Crippen LogP contribution in [0, 0.1) is 16.0 Å². The van der Waals surface area contributed by atoms with E-state index in [0.29, 0.717) is 12.2 Å². The molecule has 7 nitrogen and oxygen atoms in total. The number of amides is 1. The van der Waals surface area contributed by atoms with Crippen molar-refractivity contribution in [3.8, 4) is 0 Å². The van der Waals surface area contributed by atoms with Crippen LogP contribution >= 0.6 is 0 Å². The Balaban J connectivity index is 1.61. The van der Waals surface area contributed by atoms with Crippen molar-refractivity contribution < 1.29 is 9.72 Å². The minimum Gasteiger partial charge on any atom is -0.320 e.